The lowest BCUT2D eigenvalue weighted by atomic mass is 9.84. The Labute approximate surface area is 106 Å². The number of aromatic nitrogens is 1. The first-order valence-corrected chi connectivity index (χ1v) is 6.26. The van der Waals surface area contributed by atoms with E-state index in [-0.39, 0.29) is 17.9 Å². The summed E-state index contributed by atoms with van der Waals surface area (Å²) < 4.78 is 0. The molecule has 0 spiro atoms. The molecule has 4 nitrogen and oxygen atoms in total. The standard InChI is InChI=1S/C14H17N3O/c1-8-14(9-4-2-3-5-12(9)17-8)10-6-13(18)16-7-11(10)15/h2-5,10-11,17H,6-7,15H2,1H3,(H,16,18). The predicted octanol–water partition coefficient (Wildman–Crippen LogP) is 1.41. The molecule has 1 aromatic heterocycles. The number of benzene rings is 1. The largest absolute Gasteiger partial charge is 0.358 e. The lowest BCUT2D eigenvalue weighted by Crippen LogP contribution is -2.47. The molecule has 1 aromatic carbocycles. The minimum atomic E-state index is -0.0133. The second-order valence-electron chi connectivity index (χ2n) is 4.99. The van der Waals surface area contributed by atoms with Gasteiger partial charge in [-0.2, -0.15) is 0 Å². The maximum atomic E-state index is 11.6. The predicted molar refractivity (Wildman–Crippen MR) is 71.4 cm³/mol. The van der Waals surface area contributed by atoms with Gasteiger partial charge < -0.3 is 16.0 Å². The van der Waals surface area contributed by atoms with Gasteiger partial charge in [-0.1, -0.05) is 18.2 Å². The van der Waals surface area contributed by atoms with Crippen molar-refractivity contribution >= 4 is 16.8 Å². The third-order valence-electron chi connectivity index (χ3n) is 3.77. The molecule has 2 aromatic rings. The summed E-state index contributed by atoms with van der Waals surface area (Å²) in [6.45, 7) is 2.61. The molecule has 2 heterocycles. The number of carbonyl (C=O) groups excluding carboxylic acids is 1. The average Bonchev–Trinajstić information content (AvgIpc) is 2.68. The number of para-hydroxylation sites is 1. The molecule has 1 aliphatic rings. The zero-order valence-corrected chi connectivity index (χ0v) is 10.4. The number of hydrogen-bond acceptors (Lipinski definition) is 2. The number of hydrogen-bond donors (Lipinski definition) is 3. The van der Waals surface area contributed by atoms with Gasteiger partial charge in [-0.15, -0.1) is 0 Å². The Morgan fingerprint density at radius 2 is 2.11 bits per heavy atom. The van der Waals surface area contributed by atoms with Crippen molar-refractivity contribution in [1.29, 1.82) is 0 Å². The first-order valence-electron chi connectivity index (χ1n) is 6.26. The summed E-state index contributed by atoms with van der Waals surface area (Å²) in [5, 5.41) is 4.00. The molecule has 1 amide bonds. The van der Waals surface area contributed by atoms with Crippen LogP contribution in [0.1, 0.15) is 23.6 Å². The van der Waals surface area contributed by atoms with E-state index in [9.17, 15) is 4.79 Å². The van der Waals surface area contributed by atoms with Crippen LogP contribution in [0.3, 0.4) is 0 Å². The van der Waals surface area contributed by atoms with Gasteiger partial charge in [0.25, 0.3) is 0 Å². The minimum Gasteiger partial charge on any atom is -0.358 e. The zero-order valence-electron chi connectivity index (χ0n) is 10.4. The van der Waals surface area contributed by atoms with Gasteiger partial charge in [-0.25, -0.2) is 0 Å². The van der Waals surface area contributed by atoms with Gasteiger partial charge >= 0.3 is 0 Å². The van der Waals surface area contributed by atoms with Gasteiger partial charge in [-0.05, 0) is 18.6 Å². The van der Waals surface area contributed by atoms with Gasteiger partial charge in [0.2, 0.25) is 5.91 Å². The van der Waals surface area contributed by atoms with Crippen molar-refractivity contribution in [3.8, 4) is 0 Å². The second kappa shape index (κ2) is 4.14. The van der Waals surface area contributed by atoms with Gasteiger partial charge in [0.1, 0.15) is 0 Å². The number of H-pyrrole nitrogens is 1. The summed E-state index contributed by atoms with van der Waals surface area (Å²) >= 11 is 0. The van der Waals surface area contributed by atoms with Gasteiger partial charge in [0.15, 0.2) is 0 Å². The number of nitrogens with one attached hydrogen (secondary N) is 2. The quantitative estimate of drug-likeness (QED) is 0.708. The van der Waals surface area contributed by atoms with Crippen LogP contribution in [-0.4, -0.2) is 23.5 Å². The molecule has 1 aliphatic heterocycles. The molecule has 1 saturated heterocycles. The maximum Gasteiger partial charge on any atom is 0.220 e. The fourth-order valence-corrected chi connectivity index (χ4v) is 2.89. The molecule has 18 heavy (non-hydrogen) atoms. The molecule has 0 saturated carbocycles. The summed E-state index contributed by atoms with van der Waals surface area (Å²) in [5.74, 6) is 0.196. The van der Waals surface area contributed by atoms with E-state index in [1.165, 1.54) is 10.9 Å². The average molecular weight is 243 g/mol. The van der Waals surface area contributed by atoms with E-state index in [4.69, 9.17) is 5.73 Å². The molecule has 2 atom stereocenters. The fourth-order valence-electron chi connectivity index (χ4n) is 2.89. The third kappa shape index (κ3) is 1.69. The number of aryl methyl sites for hydroxylation is 1. The second-order valence-corrected chi connectivity index (χ2v) is 4.99. The third-order valence-corrected chi connectivity index (χ3v) is 3.77. The van der Waals surface area contributed by atoms with E-state index >= 15 is 0 Å². The van der Waals surface area contributed by atoms with E-state index in [1.807, 2.05) is 12.1 Å². The number of aromatic amines is 1. The molecule has 1 fully saturated rings. The zero-order chi connectivity index (χ0) is 12.7. The fraction of sp³-hybridized carbons (Fsp3) is 0.357. The van der Waals surface area contributed by atoms with E-state index in [0.717, 1.165) is 11.2 Å². The highest BCUT2D eigenvalue weighted by Crippen LogP contribution is 2.33. The number of carbonyl (C=O) groups is 1. The van der Waals surface area contributed by atoms with Crippen molar-refractivity contribution in [2.75, 3.05) is 6.54 Å². The summed E-state index contributed by atoms with van der Waals surface area (Å²) in [6.07, 6.45) is 0.476. The van der Waals surface area contributed by atoms with Crippen LogP contribution in [0.25, 0.3) is 10.9 Å². The molecular formula is C14H17N3O. The van der Waals surface area contributed by atoms with Gasteiger partial charge in [-0.3, -0.25) is 4.79 Å². The summed E-state index contributed by atoms with van der Waals surface area (Å²) in [5.41, 5.74) is 9.60. The SMILES string of the molecule is Cc1[nH]c2ccccc2c1C1CC(=O)NCC1N. The molecule has 2 unspecified atom stereocenters. The number of amides is 1. The maximum absolute atomic E-state index is 11.6. The number of rotatable bonds is 1. The Balaban J connectivity index is 2.12. The Hall–Kier alpha value is -1.81. The lowest BCUT2D eigenvalue weighted by molar-refractivity contribution is -0.122. The molecule has 94 valence electrons. The summed E-state index contributed by atoms with van der Waals surface area (Å²) in [4.78, 5) is 15.0. The van der Waals surface area contributed by atoms with Crippen LogP contribution in [0.5, 0.6) is 0 Å². The normalized spacial score (nSPS) is 24.2. The smallest absolute Gasteiger partial charge is 0.220 e. The van der Waals surface area contributed by atoms with Gasteiger partial charge in [0.05, 0.1) is 0 Å². The van der Waals surface area contributed by atoms with Crippen molar-refractivity contribution in [2.45, 2.75) is 25.3 Å². The molecular weight excluding hydrogens is 226 g/mol. The monoisotopic (exact) mass is 243 g/mol. The molecule has 0 aliphatic carbocycles. The molecule has 0 radical (unpaired) electrons. The van der Waals surface area contributed by atoms with E-state index in [2.05, 4.69) is 29.4 Å². The minimum absolute atomic E-state index is 0.0133. The number of nitrogens with two attached hydrogens (primary N) is 1. The Bertz CT molecular complexity index is 602. The molecule has 4 N–H and O–H groups in total. The van der Waals surface area contributed by atoms with Crippen LogP contribution in [0.2, 0.25) is 0 Å². The van der Waals surface area contributed by atoms with Gasteiger partial charge in [0, 0.05) is 41.5 Å². The highest BCUT2D eigenvalue weighted by atomic mass is 16.1. The summed E-state index contributed by atoms with van der Waals surface area (Å²) in [6, 6.07) is 8.16. The Morgan fingerprint density at radius 1 is 1.33 bits per heavy atom. The van der Waals surface area contributed by atoms with Crippen molar-refractivity contribution in [2.24, 2.45) is 5.73 Å². The lowest BCUT2D eigenvalue weighted by Gasteiger charge is -2.29. The number of piperidine rings is 1. The number of fused-ring (bicyclic) bond motifs is 1. The Kier molecular flexibility index (Phi) is 2.59. The van der Waals surface area contributed by atoms with Crippen LogP contribution < -0.4 is 11.1 Å². The van der Waals surface area contributed by atoms with Crippen LogP contribution in [0.4, 0.5) is 0 Å². The van der Waals surface area contributed by atoms with Crippen molar-refractivity contribution < 1.29 is 4.79 Å². The first-order chi connectivity index (χ1) is 8.66. The van der Waals surface area contributed by atoms with Crippen LogP contribution in [0.15, 0.2) is 24.3 Å². The van der Waals surface area contributed by atoms with E-state index < -0.39 is 0 Å². The molecule has 0 bridgehead atoms. The first kappa shape index (κ1) is 11.3. The highest BCUT2D eigenvalue weighted by molar-refractivity contribution is 5.87. The highest BCUT2D eigenvalue weighted by Gasteiger charge is 2.30. The topological polar surface area (TPSA) is 70.9 Å². The van der Waals surface area contributed by atoms with Crippen LogP contribution in [-0.2, 0) is 4.79 Å². The van der Waals surface area contributed by atoms with Crippen molar-refractivity contribution in [3.05, 3.63) is 35.5 Å². The van der Waals surface area contributed by atoms with Crippen LogP contribution in [0, 0.1) is 6.92 Å². The molecule has 4 heteroatoms. The van der Waals surface area contributed by atoms with E-state index in [1.54, 1.807) is 0 Å². The Morgan fingerprint density at radius 3 is 2.94 bits per heavy atom. The van der Waals surface area contributed by atoms with Crippen LogP contribution >= 0.6 is 0 Å². The molecule has 3 rings (SSSR count). The summed E-state index contributed by atoms with van der Waals surface area (Å²) in [7, 11) is 0. The van der Waals surface area contributed by atoms with Crippen molar-refractivity contribution in [3.63, 3.8) is 0 Å². The van der Waals surface area contributed by atoms with Crippen molar-refractivity contribution in [1.82, 2.24) is 10.3 Å². The van der Waals surface area contributed by atoms with E-state index in [0.29, 0.717) is 13.0 Å².